The molecule has 2 rings (SSSR count). The van der Waals surface area contributed by atoms with Crippen LogP contribution in [0.2, 0.25) is 0 Å². The third-order valence-corrected chi connectivity index (χ3v) is 3.83. The van der Waals surface area contributed by atoms with E-state index in [0.717, 1.165) is 0 Å². The van der Waals surface area contributed by atoms with Crippen molar-refractivity contribution >= 4 is 17.3 Å². The summed E-state index contributed by atoms with van der Waals surface area (Å²) in [7, 11) is 3.02. The normalized spacial score (nSPS) is 12.1. The highest BCUT2D eigenvalue weighted by atomic mass is 32.1. The molecule has 2 aromatic rings. The smallest absolute Gasteiger partial charge is 0.324 e. The number of anilines is 1. The summed E-state index contributed by atoms with van der Waals surface area (Å²) in [4.78, 5) is 14.9. The molecule has 6 nitrogen and oxygen atoms in total. The van der Waals surface area contributed by atoms with Crippen LogP contribution in [0.3, 0.4) is 0 Å². The monoisotopic (exact) mass is 294 g/mol. The van der Waals surface area contributed by atoms with Crippen molar-refractivity contribution in [3.63, 3.8) is 0 Å². The molecule has 0 fully saturated rings. The van der Waals surface area contributed by atoms with Crippen molar-refractivity contribution in [2.24, 2.45) is 0 Å². The van der Waals surface area contributed by atoms with Gasteiger partial charge in [-0.3, -0.25) is 0 Å². The summed E-state index contributed by atoms with van der Waals surface area (Å²) in [5.74, 6) is 0.435. The first-order valence-corrected chi connectivity index (χ1v) is 7.02. The predicted octanol–water partition coefficient (Wildman–Crippen LogP) is 2.74. The number of rotatable bonds is 5. The van der Waals surface area contributed by atoms with Crippen LogP contribution >= 0.6 is 11.3 Å². The first-order chi connectivity index (χ1) is 9.53. The third-order valence-electron chi connectivity index (χ3n) is 2.85. The van der Waals surface area contributed by atoms with Crippen molar-refractivity contribution < 1.29 is 9.47 Å². The van der Waals surface area contributed by atoms with Gasteiger partial charge >= 0.3 is 12.0 Å². The fraction of sp³-hybridized carbons (Fsp3) is 0.462. The van der Waals surface area contributed by atoms with Gasteiger partial charge in [0.2, 0.25) is 5.95 Å². The van der Waals surface area contributed by atoms with E-state index in [1.807, 2.05) is 0 Å². The lowest BCUT2D eigenvalue weighted by molar-refractivity contribution is 0.341. The molecule has 0 saturated heterocycles. The lowest BCUT2D eigenvalue weighted by atomic mass is 10.1. The van der Waals surface area contributed by atoms with E-state index in [-0.39, 0.29) is 18.1 Å². The van der Waals surface area contributed by atoms with E-state index in [4.69, 9.17) is 9.47 Å². The van der Waals surface area contributed by atoms with Gasteiger partial charge in [-0.15, -0.1) is 16.3 Å². The molecule has 0 amide bonds. The van der Waals surface area contributed by atoms with Gasteiger partial charge in [0.25, 0.3) is 0 Å². The number of nitrogens with one attached hydrogen (secondary N) is 1. The highest BCUT2D eigenvalue weighted by Crippen LogP contribution is 2.28. The van der Waals surface area contributed by atoms with Crippen molar-refractivity contribution in [3.8, 4) is 12.0 Å². The average Bonchev–Trinajstić information content (AvgIpc) is 2.77. The summed E-state index contributed by atoms with van der Waals surface area (Å²) in [5.41, 5.74) is 1.24. The van der Waals surface area contributed by atoms with Crippen LogP contribution in [0.15, 0.2) is 6.07 Å². The van der Waals surface area contributed by atoms with Gasteiger partial charge in [-0.1, -0.05) is 0 Å². The Balaban J connectivity index is 2.22. The molecule has 0 bridgehead atoms. The minimum absolute atomic E-state index is 0.0942. The first-order valence-electron chi connectivity index (χ1n) is 6.21. The van der Waals surface area contributed by atoms with E-state index in [1.165, 1.54) is 29.5 Å². The Morgan fingerprint density at radius 2 is 1.70 bits per heavy atom. The van der Waals surface area contributed by atoms with Gasteiger partial charge in [0, 0.05) is 9.75 Å². The number of methoxy groups -OCH3 is 2. The summed E-state index contributed by atoms with van der Waals surface area (Å²) < 4.78 is 10.1. The van der Waals surface area contributed by atoms with E-state index in [9.17, 15) is 0 Å². The Morgan fingerprint density at radius 3 is 2.15 bits per heavy atom. The summed E-state index contributed by atoms with van der Waals surface area (Å²) in [6.45, 7) is 6.28. The number of thiophene rings is 1. The van der Waals surface area contributed by atoms with Crippen LogP contribution < -0.4 is 14.8 Å². The second-order valence-electron chi connectivity index (χ2n) is 4.37. The SMILES string of the molecule is COc1nc(NC(C)c2cc(C)sc2C)nc(OC)n1. The maximum atomic E-state index is 5.03. The van der Waals surface area contributed by atoms with Crippen molar-refractivity contribution in [2.45, 2.75) is 26.8 Å². The lowest BCUT2D eigenvalue weighted by Crippen LogP contribution is -2.11. The molecule has 2 aromatic heterocycles. The molecule has 0 radical (unpaired) electrons. The molecule has 0 saturated carbocycles. The molecule has 0 aliphatic carbocycles. The van der Waals surface area contributed by atoms with Gasteiger partial charge in [0.15, 0.2) is 0 Å². The van der Waals surface area contributed by atoms with E-state index in [2.05, 4.69) is 47.1 Å². The van der Waals surface area contributed by atoms with Crippen molar-refractivity contribution in [1.29, 1.82) is 0 Å². The number of nitrogens with zero attached hydrogens (tertiary/aromatic N) is 3. The molecule has 0 aromatic carbocycles. The molecule has 0 aliphatic heterocycles. The van der Waals surface area contributed by atoms with E-state index < -0.39 is 0 Å². The largest absolute Gasteiger partial charge is 0.467 e. The van der Waals surface area contributed by atoms with Crippen LogP contribution in [0, 0.1) is 13.8 Å². The lowest BCUT2D eigenvalue weighted by Gasteiger charge is -2.14. The van der Waals surface area contributed by atoms with Gasteiger partial charge in [-0.2, -0.15) is 9.97 Å². The predicted molar refractivity (Wildman–Crippen MR) is 78.8 cm³/mol. The topological polar surface area (TPSA) is 69.2 Å². The number of aromatic nitrogens is 3. The molecule has 7 heteroatoms. The minimum atomic E-state index is 0.0942. The van der Waals surface area contributed by atoms with E-state index in [0.29, 0.717) is 5.95 Å². The zero-order valence-electron chi connectivity index (χ0n) is 12.2. The van der Waals surface area contributed by atoms with Crippen molar-refractivity contribution in [1.82, 2.24) is 15.0 Å². The number of ether oxygens (including phenoxy) is 2. The summed E-state index contributed by atoms with van der Waals surface area (Å²) in [6, 6.07) is 2.72. The molecular weight excluding hydrogens is 276 g/mol. The standard InChI is InChI=1S/C13H18N4O2S/c1-7-6-10(9(3)20-7)8(2)14-11-15-12(18-4)17-13(16-11)19-5/h6,8H,1-5H3,(H,14,15,16,17). The average molecular weight is 294 g/mol. The number of hydrogen-bond donors (Lipinski definition) is 1. The fourth-order valence-corrected chi connectivity index (χ4v) is 2.96. The summed E-state index contributed by atoms with van der Waals surface area (Å²) in [5, 5.41) is 3.25. The van der Waals surface area contributed by atoms with Crippen LogP contribution in [-0.4, -0.2) is 29.2 Å². The third kappa shape index (κ3) is 3.16. The van der Waals surface area contributed by atoms with Gasteiger partial charge in [0.05, 0.1) is 20.3 Å². The molecule has 0 aliphatic rings. The molecule has 1 atom stereocenters. The molecule has 1 unspecified atom stereocenters. The van der Waals surface area contributed by atoms with Crippen LogP contribution in [0.4, 0.5) is 5.95 Å². The van der Waals surface area contributed by atoms with Crippen LogP contribution in [0.5, 0.6) is 12.0 Å². The highest BCUT2D eigenvalue weighted by Gasteiger charge is 2.14. The molecule has 20 heavy (non-hydrogen) atoms. The number of aryl methyl sites for hydroxylation is 2. The van der Waals surface area contributed by atoms with Crippen molar-refractivity contribution in [3.05, 3.63) is 21.4 Å². The Kier molecular flexibility index (Phi) is 4.39. The first kappa shape index (κ1) is 14.5. The maximum absolute atomic E-state index is 5.03. The fourth-order valence-electron chi connectivity index (χ4n) is 1.94. The van der Waals surface area contributed by atoms with E-state index >= 15 is 0 Å². The zero-order chi connectivity index (χ0) is 14.7. The maximum Gasteiger partial charge on any atom is 0.324 e. The van der Waals surface area contributed by atoms with Gasteiger partial charge < -0.3 is 14.8 Å². The summed E-state index contributed by atoms with van der Waals surface area (Å²) >= 11 is 1.78. The Morgan fingerprint density at radius 1 is 1.10 bits per heavy atom. The highest BCUT2D eigenvalue weighted by molar-refractivity contribution is 7.12. The second kappa shape index (κ2) is 6.04. The van der Waals surface area contributed by atoms with Crippen LogP contribution in [0.1, 0.15) is 28.3 Å². The summed E-state index contributed by atoms with van der Waals surface area (Å²) in [6.07, 6.45) is 0. The number of hydrogen-bond acceptors (Lipinski definition) is 7. The Hall–Kier alpha value is -1.89. The molecule has 1 N–H and O–H groups in total. The second-order valence-corrected chi connectivity index (χ2v) is 5.83. The van der Waals surface area contributed by atoms with Gasteiger partial charge in [-0.05, 0) is 32.4 Å². The minimum Gasteiger partial charge on any atom is -0.467 e. The molecule has 0 spiro atoms. The molecule has 2 heterocycles. The quantitative estimate of drug-likeness (QED) is 0.914. The molecular formula is C13H18N4O2S. The van der Waals surface area contributed by atoms with Crippen molar-refractivity contribution in [2.75, 3.05) is 19.5 Å². The Bertz CT molecular complexity index is 578. The van der Waals surface area contributed by atoms with Gasteiger partial charge in [-0.25, -0.2) is 0 Å². The van der Waals surface area contributed by atoms with Crippen LogP contribution in [0.25, 0.3) is 0 Å². The van der Waals surface area contributed by atoms with E-state index in [1.54, 1.807) is 11.3 Å². The van der Waals surface area contributed by atoms with Crippen LogP contribution in [-0.2, 0) is 0 Å². The Labute approximate surface area is 122 Å². The van der Waals surface area contributed by atoms with Gasteiger partial charge in [0.1, 0.15) is 0 Å². The zero-order valence-corrected chi connectivity index (χ0v) is 13.0. The molecule has 108 valence electrons.